The minimum absolute atomic E-state index is 0.138. The number of aromatic nitrogens is 1. The molecule has 0 saturated heterocycles. The number of rotatable bonds is 9. The summed E-state index contributed by atoms with van der Waals surface area (Å²) in [6.07, 6.45) is 0. The van der Waals surface area contributed by atoms with Crippen LogP contribution in [0.3, 0.4) is 0 Å². The monoisotopic (exact) mass is 407 g/mol. The van der Waals surface area contributed by atoms with Gasteiger partial charge in [-0.1, -0.05) is 5.16 Å². The molecule has 0 aliphatic carbocycles. The van der Waals surface area contributed by atoms with Gasteiger partial charge in [0.05, 0.1) is 27.0 Å². The van der Waals surface area contributed by atoms with E-state index in [1.165, 1.54) is 39.5 Å². The molecule has 1 aromatic heterocycles. The molecule has 2 rings (SSSR count). The summed E-state index contributed by atoms with van der Waals surface area (Å²) in [5.41, 5.74) is 0.775. The van der Waals surface area contributed by atoms with E-state index in [0.717, 1.165) is 0 Å². The predicted molar refractivity (Wildman–Crippen MR) is 99.3 cm³/mol. The van der Waals surface area contributed by atoms with Crippen molar-refractivity contribution >= 4 is 23.7 Å². The van der Waals surface area contributed by atoms with Crippen molar-refractivity contribution in [2.75, 3.05) is 39.8 Å². The van der Waals surface area contributed by atoms with Crippen LogP contribution in [-0.4, -0.2) is 57.4 Å². The first-order chi connectivity index (χ1) is 13.9. The highest BCUT2D eigenvalue weighted by Gasteiger charge is 2.18. The standard InChI is InChI=1S/C18H21N3O8/c1-10-5-15(29-21-10)20-14(22)9-28-16(23)8-19-18(24)11-6-12(25-2)17(27-4)13(7-11)26-3/h5-7H,8-9H2,1-4H3,(H,19,24)(H,20,22). The minimum atomic E-state index is -0.797. The maximum absolute atomic E-state index is 12.3. The normalized spacial score (nSPS) is 10.1. The first kappa shape index (κ1) is 21.5. The topological polar surface area (TPSA) is 138 Å². The van der Waals surface area contributed by atoms with E-state index < -0.39 is 30.9 Å². The number of carbonyl (C=O) groups excluding carboxylic acids is 3. The maximum atomic E-state index is 12.3. The number of aryl methyl sites for hydroxylation is 1. The number of nitrogens with zero attached hydrogens (tertiary/aromatic N) is 1. The average molecular weight is 407 g/mol. The second kappa shape index (κ2) is 9.97. The zero-order chi connectivity index (χ0) is 21.4. The van der Waals surface area contributed by atoms with E-state index in [-0.39, 0.29) is 11.4 Å². The van der Waals surface area contributed by atoms with Crippen LogP contribution in [0.15, 0.2) is 22.7 Å². The highest BCUT2D eigenvalue weighted by Crippen LogP contribution is 2.38. The van der Waals surface area contributed by atoms with Crippen LogP contribution in [0.1, 0.15) is 16.1 Å². The quantitative estimate of drug-likeness (QED) is 0.581. The highest BCUT2D eigenvalue weighted by atomic mass is 16.5. The van der Waals surface area contributed by atoms with Crippen LogP contribution >= 0.6 is 0 Å². The van der Waals surface area contributed by atoms with Gasteiger partial charge in [-0.3, -0.25) is 19.7 Å². The zero-order valence-electron chi connectivity index (χ0n) is 16.4. The zero-order valence-corrected chi connectivity index (χ0v) is 16.4. The number of benzene rings is 1. The molecule has 0 aliphatic rings. The molecule has 2 amide bonds. The van der Waals surface area contributed by atoms with Crippen molar-refractivity contribution in [3.63, 3.8) is 0 Å². The first-order valence-electron chi connectivity index (χ1n) is 8.35. The van der Waals surface area contributed by atoms with Gasteiger partial charge in [-0.2, -0.15) is 0 Å². The van der Waals surface area contributed by atoms with Crippen molar-refractivity contribution in [1.82, 2.24) is 10.5 Å². The van der Waals surface area contributed by atoms with Crippen molar-refractivity contribution in [3.05, 3.63) is 29.5 Å². The number of anilines is 1. The van der Waals surface area contributed by atoms with Crippen molar-refractivity contribution in [3.8, 4) is 17.2 Å². The Morgan fingerprint density at radius 1 is 1.03 bits per heavy atom. The van der Waals surface area contributed by atoms with Gasteiger partial charge in [-0.25, -0.2) is 0 Å². The molecule has 0 aliphatic heterocycles. The molecule has 1 aromatic carbocycles. The summed E-state index contributed by atoms with van der Waals surface area (Å²) in [5.74, 6) is -0.918. The fourth-order valence-electron chi connectivity index (χ4n) is 2.26. The smallest absolute Gasteiger partial charge is 0.325 e. The summed E-state index contributed by atoms with van der Waals surface area (Å²) in [5, 5.41) is 8.37. The fraction of sp³-hybridized carbons (Fsp3) is 0.333. The minimum Gasteiger partial charge on any atom is -0.493 e. The Balaban J connectivity index is 1.86. The molecule has 2 aromatic rings. The summed E-state index contributed by atoms with van der Waals surface area (Å²) < 4.78 is 25.2. The van der Waals surface area contributed by atoms with E-state index >= 15 is 0 Å². The van der Waals surface area contributed by atoms with Gasteiger partial charge in [0.15, 0.2) is 18.1 Å². The Morgan fingerprint density at radius 3 is 2.21 bits per heavy atom. The van der Waals surface area contributed by atoms with Gasteiger partial charge >= 0.3 is 5.97 Å². The van der Waals surface area contributed by atoms with Crippen molar-refractivity contribution in [2.24, 2.45) is 0 Å². The largest absolute Gasteiger partial charge is 0.493 e. The molecule has 0 atom stereocenters. The van der Waals surface area contributed by atoms with E-state index in [9.17, 15) is 14.4 Å². The van der Waals surface area contributed by atoms with Crippen LogP contribution in [0.4, 0.5) is 5.88 Å². The number of amides is 2. The van der Waals surface area contributed by atoms with Gasteiger partial charge in [-0.15, -0.1) is 0 Å². The van der Waals surface area contributed by atoms with E-state index in [4.69, 9.17) is 23.5 Å². The van der Waals surface area contributed by atoms with Crippen molar-refractivity contribution < 1.29 is 37.9 Å². The van der Waals surface area contributed by atoms with Gasteiger partial charge in [0.2, 0.25) is 11.6 Å². The number of carbonyl (C=O) groups is 3. The lowest BCUT2D eigenvalue weighted by Crippen LogP contribution is -2.32. The number of ether oxygens (including phenoxy) is 4. The first-order valence-corrected chi connectivity index (χ1v) is 8.35. The Hall–Kier alpha value is -3.76. The number of hydrogen-bond donors (Lipinski definition) is 2. The summed E-state index contributed by atoms with van der Waals surface area (Å²) in [6, 6.07) is 4.39. The van der Waals surface area contributed by atoms with E-state index in [0.29, 0.717) is 22.9 Å². The third kappa shape index (κ3) is 5.86. The molecule has 1 heterocycles. The molecule has 2 N–H and O–H groups in total. The molecule has 0 saturated carbocycles. The molecule has 11 nitrogen and oxygen atoms in total. The summed E-state index contributed by atoms with van der Waals surface area (Å²) >= 11 is 0. The molecular weight excluding hydrogens is 386 g/mol. The number of hydrogen-bond acceptors (Lipinski definition) is 9. The second-order valence-corrected chi connectivity index (χ2v) is 5.64. The predicted octanol–water partition coefficient (Wildman–Crippen LogP) is 0.921. The molecule has 0 spiro atoms. The van der Waals surface area contributed by atoms with Crippen molar-refractivity contribution in [1.29, 1.82) is 0 Å². The number of methoxy groups -OCH3 is 3. The van der Waals surface area contributed by atoms with Crippen LogP contribution in [0.5, 0.6) is 17.2 Å². The lowest BCUT2D eigenvalue weighted by Gasteiger charge is -2.14. The number of esters is 1. The maximum Gasteiger partial charge on any atom is 0.325 e. The van der Waals surface area contributed by atoms with E-state index in [2.05, 4.69) is 15.8 Å². The molecule has 11 heteroatoms. The summed E-state index contributed by atoms with van der Waals surface area (Å²) in [4.78, 5) is 35.7. The molecule has 156 valence electrons. The van der Waals surface area contributed by atoms with Crippen molar-refractivity contribution in [2.45, 2.75) is 6.92 Å². The van der Waals surface area contributed by atoms with Gasteiger partial charge in [0.1, 0.15) is 6.54 Å². The van der Waals surface area contributed by atoms with E-state index in [1.54, 1.807) is 6.92 Å². The van der Waals surface area contributed by atoms with E-state index in [1.807, 2.05) is 0 Å². The van der Waals surface area contributed by atoms with Gasteiger partial charge in [-0.05, 0) is 19.1 Å². The van der Waals surface area contributed by atoms with Crippen LogP contribution in [-0.2, 0) is 14.3 Å². The third-order valence-electron chi connectivity index (χ3n) is 3.58. The molecule has 0 unspecified atom stereocenters. The fourth-order valence-corrected chi connectivity index (χ4v) is 2.26. The molecule has 0 fully saturated rings. The second-order valence-electron chi connectivity index (χ2n) is 5.64. The van der Waals surface area contributed by atoms with Gasteiger partial charge < -0.3 is 28.8 Å². The summed E-state index contributed by atoms with van der Waals surface area (Å²) in [7, 11) is 4.28. The lowest BCUT2D eigenvalue weighted by atomic mass is 10.1. The highest BCUT2D eigenvalue weighted by molar-refractivity contribution is 5.97. The SMILES string of the molecule is COc1cc(C(=O)NCC(=O)OCC(=O)Nc2cc(C)no2)cc(OC)c1OC. The lowest BCUT2D eigenvalue weighted by molar-refractivity contribution is -0.146. The Bertz CT molecular complexity index is 868. The molecule has 0 bridgehead atoms. The Morgan fingerprint density at radius 2 is 1.69 bits per heavy atom. The van der Waals surface area contributed by atoms with Crippen LogP contribution < -0.4 is 24.8 Å². The number of nitrogens with one attached hydrogen (secondary N) is 2. The molecular formula is C18H21N3O8. The molecule has 0 radical (unpaired) electrons. The van der Waals surface area contributed by atoms with Crippen LogP contribution in [0.25, 0.3) is 0 Å². The molecule has 29 heavy (non-hydrogen) atoms. The van der Waals surface area contributed by atoms with Crippen LogP contribution in [0, 0.1) is 6.92 Å². The van der Waals surface area contributed by atoms with Gasteiger partial charge in [0.25, 0.3) is 11.8 Å². The average Bonchev–Trinajstić information content (AvgIpc) is 3.13. The Kier molecular flexibility index (Phi) is 7.40. The van der Waals surface area contributed by atoms with Gasteiger partial charge in [0, 0.05) is 11.6 Å². The summed E-state index contributed by atoms with van der Waals surface area (Å²) in [6.45, 7) is 0.707. The third-order valence-corrected chi connectivity index (χ3v) is 3.58. The van der Waals surface area contributed by atoms with Crippen LogP contribution in [0.2, 0.25) is 0 Å². The Labute approximate surface area is 166 Å².